The second-order valence-electron chi connectivity index (χ2n) is 27.5. The third-order valence-corrected chi connectivity index (χ3v) is 22.7. The molecule has 30 nitrogen and oxygen atoms in total. The Labute approximate surface area is 508 Å². The van der Waals surface area contributed by atoms with Gasteiger partial charge in [0.1, 0.15) is 122 Å². The van der Waals surface area contributed by atoms with Gasteiger partial charge in [-0.25, -0.2) is 0 Å². The summed E-state index contributed by atoms with van der Waals surface area (Å²) in [5.74, 6) is 0.879. The fourth-order valence-corrected chi connectivity index (χ4v) is 18.0. The topological polar surface area (TPSA) is 464 Å². The van der Waals surface area contributed by atoms with Gasteiger partial charge in [-0.15, -0.1) is 0 Å². The van der Waals surface area contributed by atoms with Crippen molar-refractivity contribution in [3.63, 3.8) is 0 Å². The molecule has 4 saturated carbocycles. The van der Waals surface area contributed by atoms with Crippen molar-refractivity contribution < 1.29 is 143 Å². The molecule has 0 amide bonds. The van der Waals surface area contributed by atoms with E-state index in [0.717, 1.165) is 38.5 Å². The van der Waals surface area contributed by atoms with Crippen molar-refractivity contribution in [3.8, 4) is 0 Å². The Balaban J connectivity index is 0.728. The van der Waals surface area contributed by atoms with Crippen molar-refractivity contribution in [2.45, 2.75) is 257 Å². The van der Waals surface area contributed by atoms with Crippen LogP contribution in [0.1, 0.15) is 85.5 Å². The summed E-state index contributed by atoms with van der Waals surface area (Å²) in [6.07, 6.45) is -34.8. The number of aliphatic hydroxyl groups is 16. The summed E-state index contributed by atoms with van der Waals surface area (Å²) in [5.41, 5.74) is -1.09. The summed E-state index contributed by atoms with van der Waals surface area (Å²) in [7, 11) is 0. The van der Waals surface area contributed by atoms with Crippen molar-refractivity contribution in [3.05, 3.63) is 0 Å². The van der Waals surface area contributed by atoms with Gasteiger partial charge in [-0.1, -0.05) is 20.8 Å². The van der Waals surface area contributed by atoms with E-state index in [2.05, 4.69) is 26.1 Å². The first-order valence-corrected chi connectivity index (χ1v) is 31.5. The van der Waals surface area contributed by atoms with Gasteiger partial charge in [0, 0.05) is 19.4 Å². The molecule has 30 heteroatoms. The average molecular weight is 1270 g/mol. The number of fused-ring (bicyclic) bond motifs is 7. The van der Waals surface area contributed by atoms with E-state index < -0.39 is 204 Å². The molecule has 7 saturated heterocycles. The Morgan fingerprint density at radius 1 is 0.545 bits per heavy atom. The lowest BCUT2D eigenvalue weighted by Gasteiger charge is -2.61. The van der Waals surface area contributed by atoms with E-state index in [4.69, 9.17) is 56.8 Å². The molecule has 11 fully saturated rings. The number of esters is 1. The number of carbonyl (C=O) groups excluding carboxylic acids is 1. The number of hydrogen-bond donors (Lipinski definition) is 17. The minimum absolute atomic E-state index is 0.0503. The number of piperidine rings is 1. The lowest BCUT2D eigenvalue weighted by atomic mass is 9.44. The number of hydrogen-bond acceptors (Lipinski definition) is 30. The van der Waals surface area contributed by atoms with E-state index in [1.807, 2.05) is 0 Å². The van der Waals surface area contributed by atoms with Crippen LogP contribution in [0.2, 0.25) is 0 Å². The van der Waals surface area contributed by atoms with Crippen molar-refractivity contribution in [2.24, 2.45) is 52.3 Å². The Bertz CT molecular complexity index is 2330. The molecule has 17 N–H and O–H groups in total. The fraction of sp³-hybridized carbons (Fsp3) is 0.983. The third-order valence-electron chi connectivity index (χ3n) is 22.7. The second-order valence-corrected chi connectivity index (χ2v) is 27.5. The molecule has 506 valence electrons. The summed E-state index contributed by atoms with van der Waals surface area (Å²) in [6, 6.07) is 0. The number of rotatable bonds is 16. The maximum atomic E-state index is 12.7. The first-order chi connectivity index (χ1) is 41.8. The number of ether oxygens (including phenoxy) is 12. The highest BCUT2D eigenvalue weighted by Crippen LogP contribution is 2.71. The van der Waals surface area contributed by atoms with E-state index >= 15 is 0 Å². The zero-order valence-electron chi connectivity index (χ0n) is 49.9. The highest BCUT2D eigenvalue weighted by atomic mass is 16.8. The molecule has 11 aliphatic rings. The number of aliphatic hydroxyl groups excluding tert-OH is 16. The van der Waals surface area contributed by atoms with Gasteiger partial charge >= 0.3 is 5.97 Å². The highest BCUT2D eigenvalue weighted by Gasteiger charge is 2.71. The van der Waals surface area contributed by atoms with Crippen LogP contribution in [0.3, 0.4) is 0 Å². The van der Waals surface area contributed by atoms with E-state index in [-0.39, 0.29) is 47.2 Å². The Morgan fingerprint density at radius 2 is 1.11 bits per heavy atom. The first kappa shape index (κ1) is 67.8. The molecule has 0 bridgehead atoms. The van der Waals surface area contributed by atoms with Gasteiger partial charge in [0.2, 0.25) is 0 Å². The number of carbonyl (C=O) groups is 1. The number of nitrogens with one attached hydrogen (secondary N) is 1. The van der Waals surface area contributed by atoms with Crippen molar-refractivity contribution in [1.82, 2.24) is 5.32 Å². The predicted octanol–water partition coefficient (Wildman–Crippen LogP) is -6.36. The summed E-state index contributed by atoms with van der Waals surface area (Å²) in [4.78, 5) is 12.7. The zero-order chi connectivity index (χ0) is 63.2. The maximum Gasteiger partial charge on any atom is 0.303 e. The van der Waals surface area contributed by atoms with Crippen LogP contribution in [0.25, 0.3) is 0 Å². The van der Waals surface area contributed by atoms with Crippen LogP contribution in [-0.2, 0) is 61.6 Å². The van der Waals surface area contributed by atoms with Crippen molar-refractivity contribution in [2.75, 3.05) is 46.2 Å². The second kappa shape index (κ2) is 26.9. The molecular formula is C58H95NO29. The quantitative estimate of drug-likeness (QED) is 0.0505. The fourth-order valence-electron chi connectivity index (χ4n) is 18.0. The standard InChI is InChI=1S/C58H95NO29/c1-21-36-30(88-58(21)35(79-22(2)64)11-23(14-59-58)19-77-51-45(74)41(70)38(67)31(15-60)81-51)13-28-26-6-5-24-12-25(7-9-56(24,3)27(26)8-10-57(28,36)4)80-53-47(76)43(72)48(34(18-63)84-53)85-55-50(87-54-46(75)42(71)39(68)32(16-61)82-54)49(40(69)33(17-62)83-55)86-52-44(73)37(66)29(65)20-78-52/h21,23-55,59-63,65-76H,5-20H2,1-4H3/t21-,23+,24+,25+,26-,27+,28+,29-,30+,31-,32-,33-,34-,35+,36+,37+,38-,39-,40-,41+,42+,43-,44-,45-,46-,47-,48+,49+,50-,51-,52+,53-,54-,55+,56+,57+,58+/m1/s1. The van der Waals surface area contributed by atoms with Gasteiger partial charge < -0.3 is 139 Å². The van der Waals surface area contributed by atoms with Crippen LogP contribution in [-0.4, -0.2) is 305 Å². The largest absolute Gasteiger partial charge is 0.458 e. The Hall–Kier alpha value is -1.65. The predicted molar refractivity (Wildman–Crippen MR) is 289 cm³/mol. The van der Waals surface area contributed by atoms with Crippen LogP contribution in [0, 0.1) is 52.3 Å². The van der Waals surface area contributed by atoms with E-state index in [9.17, 15) is 86.5 Å². The van der Waals surface area contributed by atoms with Crippen LogP contribution in [0.4, 0.5) is 0 Å². The molecule has 0 aromatic heterocycles. The van der Waals surface area contributed by atoms with Gasteiger partial charge in [0.05, 0.1) is 51.8 Å². The van der Waals surface area contributed by atoms with Gasteiger partial charge in [-0.3, -0.25) is 10.1 Å². The smallest absolute Gasteiger partial charge is 0.303 e. The lowest BCUT2D eigenvalue weighted by Crippen LogP contribution is -2.68. The zero-order valence-corrected chi connectivity index (χ0v) is 49.9. The summed E-state index contributed by atoms with van der Waals surface area (Å²) in [5, 5.41) is 175. The van der Waals surface area contributed by atoms with Gasteiger partial charge in [0.25, 0.3) is 0 Å². The molecule has 0 aromatic rings. The summed E-state index contributed by atoms with van der Waals surface area (Å²) < 4.78 is 72.8. The molecule has 0 aromatic carbocycles. The molecule has 11 rings (SSSR count). The van der Waals surface area contributed by atoms with Crippen molar-refractivity contribution >= 4 is 5.97 Å². The van der Waals surface area contributed by atoms with Crippen LogP contribution < -0.4 is 5.32 Å². The van der Waals surface area contributed by atoms with Crippen LogP contribution in [0.15, 0.2) is 0 Å². The van der Waals surface area contributed by atoms with E-state index in [0.29, 0.717) is 43.6 Å². The summed E-state index contributed by atoms with van der Waals surface area (Å²) in [6.45, 7) is 5.16. The van der Waals surface area contributed by atoms with Gasteiger partial charge in [-0.05, 0) is 104 Å². The Kier molecular flexibility index (Phi) is 20.7. The minimum Gasteiger partial charge on any atom is -0.458 e. The lowest BCUT2D eigenvalue weighted by molar-refractivity contribution is -0.404. The maximum absolute atomic E-state index is 12.7. The molecule has 37 atom stereocenters. The monoisotopic (exact) mass is 1270 g/mol. The molecule has 7 heterocycles. The molecule has 7 aliphatic heterocycles. The first-order valence-electron chi connectivity index (χ1n) is 31.5. The third kappa shape index (κ3) is 12.1. The SMILES string of the molecule is CC(=O)O[C@H]1C[C@H](CO[C@@H]2O[C@H](CO)[C@@H](O)[C@H](O)[C@H]2O)CN[C@@]12O[C@H]1C[C@H]3[C@@H]4CC[C@H]5C[C@@H](O[C@@H]6O[C@H](CO)[C@H](O[C@@H]7O[C@H](CO)[C@@H](O)[C@H](O[C@@H]8OC[C@@H](O)[C@H](O)[C@H]8O)[C@H]7O[C@H]7O[C@H](CO)[C@@H](O)[C@H](O)[C@H]7O)[C@H](O)[C@H]6O)CC[C@]5(C)[C@H]4CC[C@]3(C)[C@H]1[C@H]2C. The highest BCUT2D eigenvalue weighted by molar-refractivity contribution is 5.66. The molecule has 4 aliphatic carbocycles. The summed E-state index contributed by atoms with van der Waals surface area (Å²) >= 11 is 0. The molecule has 0 unspecified atom stereocenters. The molecular weight excluding hydrogens is 1170 g/mol. The van der Waals surface area contributed by atoms with Crippen LogP contribution in [0.5, 0.6) is 0 Å². The molecule has 1 spiro atoms. The van der Waals surface area contributed by atoms with Crippen LogP contribution >= 0.6 is 0 Å². The molecule has 88 heavy (non-hydrogen) atoms. The van der Waals surface area contributed by atoms with Gasteiger partial charge in [-0.2, -0.15) is 0 Å². The van der Waals surface area contributed by atoms with Gasteiger partial charge in [0.15, 0.2) is 37.2 Å². The Morgan fingerprint density at radius 3 is 1.78 bits per heavy atom. The minimum atomic E-state index is -2.03. The van der Waals surface area contributed by atoms with Crippen molar-refractivity contribution in [1.29, 1.82) is 0 Å². The molecule has 0 radical (unpaired) electrons. The van der Waals surface area contributed by atoms with E-state index in [1.165, 1.54) is 6.92 Å². The van der Waals surface area contributed by atoms with E-state index in [1.54, 1.807) is 0 Å². The normalized spacial score (nSPS) is 55.5. The average Bonchev–Trinajstić information content (AvgIpc) is 1.50.